The van der Waals surface area contributed by atoms with Crippen LogP contribution in [0.4, 0.5) is 5.69 Å². The summed E-state index contributed by atoms with van der Waals surface area (Å²) in [5.41, 5.74) is 0.777. The third-order valence-corrected chi connectivity index (χ3v) is 2.66. The highest BCUT2D eigenvalue weighted by Crippen LogP contribution is 2.24. The van der Waals surface area contributed by atoms with Crippen LogP contribution in [0.3, 0.4) is 0 Å². The smallest absolute Gasteiger partial charge is 0.269 e. The van der Waals surface area contributed by atoms with Gasteiger partial charge in [-0.05, 0) is 17.7 Å². The van der Waals surface area contributed by atoms with E-state index in [0.29, 0.717) is 10.8 Å². The van der Waals surface area contributed by atoms with Crippen LogP contribution in [0.15, 0.2) is 48.5 Å². The Balaban J connectivity index is 2.09. The molecule has 0 atom stereocenters. The number of halogens is 1. The largest absolute Gasteiger partial charge is 0.487 e. The summed E-state index contributed by atoms with van der Waals surface area (Å²) < 4.78 is 5.50. The summed E-state index contributed by atoms with van der Waals surface area (Å²) >= 11 is 5.94. The topological polar surface area (TPSA) is 52.4 Å². The average molecular weight is 264 g/mol. The Labute approximate surface area is 109 Å². The molecule has 0 fully saturated rings. The van der Waals surface area contributed by atoms with E-state index in [2.05, 4.69) is 0 Å². The van der Waals surface area contributed by atoms with Crippen molar-refractivity contribution in [3.8, 4) is 5.75 Å². The highest BCUT2D eigenvalue weighted by Gasteiger charge is 2.06. The summed E-state index contributed by atoms with van der Waals surface area (Å²) in [4.78, 5) is 10.2. The molecule has 2 aromatic rings. The fraction of sp³-hybridized carbons (Fsp3) is 0.0769. The summed E-state index contributed by atoms with van der Waals surface area (Å²) in [5, 5.41) is 11.1. The monoisotopic (exact) mass is 263 g/mol. The van der Waals surface area contributed by atoms with Crippen molar-refractivity contribution in [2.24, 2.45) is 0 Å². The van der Waals surface area contributed by atoms with Gasteiger partial charge >= 0.3 is 0 Å². The maximum absolute atomic E-state index is 10.6. The summed E-state index contributed by atoms with van der Waals surface area (Å²) in [7, 11) is 0. The van der Waals surface area contributed by atoms with Crippen molar-refractivity contribution >= 4 is 17.3 Å². The van der Waals surface area contributed by atoms with Gasteiger partial charge in [0.15, 0.2) is 0 Å². The molecule has 0 saturated carbocycles. The van der Waals surface area contributed by atoms with Crippen LogP contribution < -0.4 is 4.74 Å². The minimum absolute atomic E-state index is 0.0512. The summed E-state index contributed by atoms with van der Waals surface area (Å²) in [6.07, 6.45) is 0. The summed E-state index contributed by atoms with van der Waals surface area (Å²) in [6, 6.07) is 13.4. The van der Waals surface area contributed by atoms with Gasteiger partial charge in [-0.15, -0.1) is 0 Å². The molecule has 0 unspecified atom stereocenters. The van der Waals surface area contributed by atoms with Crippen LogP contribution in [0.5, 0.6) is 5.75 Å². The number of para-hydroxylation sites is 1. The number of benzene rings is 2. The Morgan fingerprint density at radius 1 is 1.17 bits per heavy atom. The number of non-ortho nitro benzene ring substituents is 1. The van der Waals surface area contributed by atoms with E-state index < -0.39 is 4.92 Å². The van der Waals surface area contributed by atoms with Gasteiger partial charge in [0.05, 0.1) is 9.95 Å². The first kappa shape index (κ1) is 12.4. The van der Waals surface area contributed by atoms with Crippen molar-refractivity contribution in [1.29, 1.82) is 0 Å². The quantitative estimate of drug-likeness (QED) is 0.622. The molecular formula is C13H10ClNO3. The number of rotatable bonds is 4. The molecule has 0 radical (unpaired) electrons. The second kappa shape index (κ2) is 5.51. The molecule has 0 N–H and O–H groups in total. The van der Waals surface area contributed by atoms with Crippen molar-refractivity contribution in [2.75, 3.05) is 0 Å². The third kappa shape index (κ3) is 2.99. The van der Waals surface area contributed by atoms with Gasteiger partial charge in [0.1, 0.15) is 12.4 Å². The second-order valence-electron chi connectivity index (χ2n) is 3.65. The van der Waals surface area contributed by atoms with Crippen LogP contribution in [0, 0.1) is 10.1 Å². The number of hydrogen-bond acceptors (Lipinski definition) is 3. The van der Waals surface area contributed by atoms with Gasteiger partial charge in [0, 0.05) is 12.1 Å². The highest BCUT2D eigenvalue weighted by atomic mass is 35.5. The van der Waals surface area contributed by atoms with E-state index in [0.717, 1.165) is 5.56 Å². The Kier molecular flexibility index (Phi) is 3.79. The molecule has 4 nitrogen and oxygen atoms in total. The normalized spacial score (nSPS) is 10.1. The molecule has 0 aliphatic rings. The Hall–Kier alpha value is -2.07. The van der Waals surface area contributed by atoms with E-state index >= 15 is 0 Å². The number of nitrogens with zero attached hydrogens (tertiary/aromatic N) is 1. The lowest BCUT2D eigenvalue weighted by molar-refractivity contribution is -0.384. The van der Waals surface area contributed by atoms with Gasteiger partial charge in [-0.3, -0.25) is 10.1 Å². The summed E-state index contributed by atoms with van der Waals surface area (Å²) in [5.74, 6) is 0.561. The Morgan fingerprint density at radius 2 is 1.94 bits per heavy atom. The minimum Gasteiger partial charge on any atom is -0.487 e. The van der Waals surface area contributed by atoms with Crippen LogP contribution in [-0.4, -0.2) is 4.92 Å². The van der Waals surface area contributed by atoms with Crippen molar-refractivity contribution < 1.29 is 9.66 Å². The first-order valence-electron chi connectivity index (χ1n) is 5.27. The lowest BCUT2D eigenvalue weighted by Gasteiger charge is -2.07. The third-order valence-electron chi connectivity index (χ3n) is 2.35. The summed E-state index contributed by atoms with van der Waals surface area (Å²) in [6.45, 7) is 0.241. The Bertz CT molecular complexity index is 572. The zero-order valence-corrected chi connectivity index (χ0v) is 10.1. The zero-order chi connectivity index (χ0) is 13.0. The number of nitro benzene ring substituents is 1. The van der Waals surface area contributed by atoms with Crippen molar-refractivity contribution in [1.82, 2.24) is 0 Å². The van der Waals surface area contributed by atoms with E-state index in [4.69, 9.17) is 16.3 Å². The lowest BCUT2D eigenvalue weighted by atomic mass is 10.2. The van der Waals surface area contributed by atoms with E-state index in [1.807, 2.05) is 12.1 Å². The van der Waals surface area contributed by atoms with E-state index in [1.54, 1.807) is 24.3 Å². The van der Waals surface area contributed by atoms with Crippen LogP contribution in [-0.2, 0) is 6.61 Å². The molecule has 0 amide bonds. The predicted octanol–water partition coefficient (Wildman–Crippen LogP) is 3.83. The maximum atomic E-state index is 10.6. The molecule has 0 heterocycles. The molecule has 5 heteroatoms. The van der Waals surface area contributed by atoms with Crippen molar-refractivity contribution in [2.45, 2.75) is 6.61 Å². The average Bonchev–Trinajstić information content (AvgIpc) is 2.38. The maximum Gasteiger partial charge on any atom is 0.269 e. The van der Waals surface area contributed by atoms with Crippen molar-refractivity contribution in [3.63, 3.8) is 0 Å². The number of hydrogen-bond donors (Lipinski definition) is 0. The SMILES string of the molecule is O=[N+]([O-])c1cccc(COc2ccccc2Cl)c1. The lowest BCUT2D eigenvalue weighted by Crippen LogP contribution is -1.97. The van der Waals surface area contributed by atoms with Gasteiger partial charge in [-0.2, -0.15) is 0 Å². The highest BCUT2D eigenvalue weighted by molar-refractivity contribution is 6.32. The van der Waals surface area contributed by atoms with Crippen LogP contribution in [0.25, 0.3) is 0 Å². The molecule has 0 aliphatic carbocycles. The molecule has 2 aromatic carbocycles. The number of ether oxygens (including phenoxy) is 1. The fourth-order valence-electron chi connectivity index (χ4n) is 1.48. The first-order chi connectivity index (χ1) is 8.66. The predicted molar refractivity (Wildman–Crippen MR) is 68.9 cm³/mol. The van der Waals surface area contributed by atoms with E-state index in [1.165, 1.54) is 12.1 Å². The molecule has 0 aromatic heterocycles. The minimum atomic E-state index is -0.432. The molecule has 18 heavy (non-hydrogen) atoms. The van der Waals surface area contributed by atoms with Gasteiger partial charge in [0.2, 0.25) is 0 Å². The zero-order valence-electron chi connectivity index (χ0n) is 9.38. The van der Waals surface area contributed by atoms with Crippen LogP contribution in [0.2, 0.25) is 5.02 Å². The first-order valence-corrected chi connectivity index (χ1v) is 5.65. The molecule has 0 aliphatic heterocycles. The molecule has 2 rings (SSSR count). The standard InChI is InChI=1S/C13H10ClNO3/c14-12-6-1-2-7-13(12)18-9-10-4-3-5-11(8-10)15(16)17/h1-8H,9H2. The van der Waals surface area contributed by atoms with Gasteiger partial charge < -0.3 is 4.74 Å². The van der Waals surface area contributed by atoms with Crippen LogP contribution in [0.1, 0.15) is 5.56 Å². The molecule has 0 bridgehead atoms. The molecule has 92 valence electrons. The van der Waals surface area contributed by atoms with Crippen LogP contribution >= 0.6 is 11.6 Å². The fourth-order valence-corrected chi connectivity index (χ4v) is 1.67. The number of nitro groups is 1. The van der Waals surface area contributed by atoms with Gasteiger partial charge in [0.25, 0.3) is 5.69 Å². The molecule has 0 spiro atoms. The van der Waals surface area contributed by atoms with Crippen molar-refractivity contribution in [3.05, 3.63) is 69.2 Å². The molecular weight excluding hydrogens is 254 g/mol. The van der Waals surface area contributed by atoms with Gasteiger partial charge in [-0.1, -0.05) is 35.9 Å². The van der Waals surface area contributed by atoms with E-state index in [9.17, 15) is 10.1 Å². The second-order valence-corrected chi connectivity index (χ2v) is 4.05. The Morgan fingerprint density at radius 3 is 2.67 bits per heavy atom. The molecule has 0 saturated heterocycles. The van der Waals surface area contributed by atoms with E-state index in [-0.39, 0.29) is 12.3 Å². The van der Waals surface area contributed by atoms with Gasteiger partial charge in [-0.25, -0.2) is 0 Å².